The molecule has 252 valence electrons. The van der Waals surface area contributed by atoms with Gasteiger partial charge in [0.25, 0.3) is 15.9 Å². The third-order valence-corrected chi connectivity index (χ3v) is 11.8. The SMILES string of the molecule is CC(=O)Nc1nc(C)c(S(=O)(=O)Nc2cc(N(C)C)c3c(c2O)C(=O)C2=C(O)[C@]4(O)C(=O)C(C(N)=O)=C(O)[C@@H](N(C)C)C4CC2C3)s1. The van der Waals surface area contributed by atoms with Crippen molar-refractivity contribution in [1.82, 2.24) is 9.88 Å². The van der Waals surface area contributed by atoms with Gasteiger partial charge in [0.1, 0.15) is 17.1 Å². The van der Waals surface area contributed by atoms with Crippen LogP contribution in [0.25, 0.3) is 0 Å². The van der Waals surface area contributed by atoms with Crippen LogP contribution in [0.1, 0.15) is 35.0 Å². The molecule has 1 heterocycles. The Labute approximate surface area is 273 Å². The summed E-state index contributed by atoms with van der Waals surface area (Å²) in [5, 5.41) is 48.2. The number of carbonyl (C=O) groups excluding carboxylic acids is 4. The number of ketones is 2. The quantitative estimate of drug-likeness (QED) is 0.156. The van der Waals surface area contributed by atoms with Crippen LogP contribution in [-0.2, 0) is 30.8 Å². The number of aromatic nitrogens is 1. The lowest BCUT2D eigenvalue weighted by Crippen LogP contribution is -2.63. The summed E-state index contributed by atoms with van der Waals surface area (Å²) in [7, 11) is 1.92. The van der Waals surface area contributed by atoms with Gasteiger partial charge in [-0.05, 0) is 51.4 Å². The molecule has 2 aromatic rings. The molecule has 0 saturated heterocycles. The smallest absolute Gasteiger partial charge is 0.273 e. The van der Waals surface area contributed by atoms with E-state index in [4.69, 9.17) is 5.73 Å². The molecule has 0 radical (unpaired) electrons. The van der Waals surface area contributed by atoms with Crippen molar-refractivity contribution < 1.29 is 48.0 Å². The van der Waals surface area contributed by atoms with Gasteiger partial charge in [0.2, 0.25) is 11.7 Å². The predicted molar refractivity (Wildman–Crippen MR) is 170 cm³/mol. The van der Waals surface area contributed by atoms with Crippen molar-refractivity contribution in [2.24, 2.45) is 17.6 Å². The average Bonchev–Trinajstić information content (AvgIpc) is 3.31. The maximum atomic E-state index is 14.2. The minimum absolute atomic E-state index is 0.0106. The van der Waals surface area contributed by atoms with E-state index >= 15 is 0 Å². The van der Waals surface area contributed by atoms with E-state index in [0.29, 0.717) is 22.6 Å². The Balaban J connectivity index is 1.66. The Hall–Kier alpha value is -4.52. The number of phenols is 1. The van der Waals surface area contributed by atoms with E-state index in [1.54, 1.807) is 19.0 Å². The number of rotatable bonds is 7. The number of primary amides is 1. The van der Waals surface area contributed by atoms with Crippen LogP contribution in [0.2, 0.25) is 0 Å². The summed E-state index contributed by atoms with van der Waals surface area (Å²) in [4.78, 5) is 58.5. The fraction of sp³-hybridized carbons (Fsp3) is 0.414. The van der Waals surface area contributed by atoms with E-state index in [1.807, 2.05) is 0 Å². The van der Waals surface area contributed by atoms with Gasteiger partial charge in [-0.2, -0.15) is 0 Å². The number of aromatic hydroxyl groups is 1. The second-order valence-electron chi connectivity index (χ2n) is 12.2. The molecule has 0 bridgehead atoms. The average molecular weight is 691 g/mol. The number of nitrogens with two attached hydrogens (primary N) is 1. The van der Waals surface area contributed by atoms with Gasteiger partial charge in [-0.1, -0.05) is 11.3 Å². The van der Waals surface area contributed by atoms with Crippen LogP contribution in [-0.4, -0.2) is 102 Å². The molecule has 4 atom stereocenters. The summed E-state index contributed by atoms with van der Waals surface area (Å²) in [5.41, 5.74) is 1.24. The molecule has 5 rings (SSSR count). The van der Waals surface area contributed by atoms with Gasteiger partial charge < -0.3 is 36.4 Å². The molecular weight excluding hydrogens is 656 g/mol. The Kier molecular flexibility index (Phi) is 8.15. The van der Waals surface area contributed by atoms with Crippen molar-refractivity contribution in [2.45, 2.75) is 42.5 Å². The summed E-state index contributed by atoms with van der Waals surface area (Å²) in [6.45, 7) is 2.65. The first-order chi connectivity index (χ1) is 21.7. The number of nitrogens with one attached hydrogen (secondary N) is 2. The normalized spacial score (nSPS) is 24.1. The number of carbonyl (C=O) groups is 4. The number of amides is 2. The molecule has 3 aliphatic carbocycles. The van der Waals surface area contributed by atoms with Crippen LogP contribution in [0.4, 0.5) is 16.5 Å². The number of thiazole rings is 1. The van der Waals surface area contributed by atoms with E-state index < -0.39 is 85.3 Å². The molecule has 0 spiro atoms. The molecule has 47 heavy (non-hydrogen) atoms. The Bertz CT molecular complexity index is 1950. The largest absolute Gasteiger partial charge is 0.510 e. The number of fused-ring (bicyclic) bond motifs is 3. The zero-order valence-corrected chi connectivity index (χ0v) is 27.8. The Morgan fingerprint density at radius 1 is 1.15 bits per heavy atom. The molecule has 18 heteroatoms. The topological polar surface area (TPSA) is 253 Å². The first kappa shape index (κ1) is 33.8. The number of aliphatic hydroxyl groups is 3. The number of likely N-dealkylation sites (N-methyl/N-ethyl adjacent to an activating group) is 1. The fourth-order valence-corrected chi connectivity index (χ4v) is 9.32. The van der Waals surface area contributed by atoms with Crippen LogP contribution in [0, 0.1) is 18.8 Å². The lowest BCUT2D eigenvalue weighted by atomic mass is 9.58. The third kappa shape index (κ3) is 5.11. The number of hydrogen-bond acceptors (Lipinski definition) is 14. The number of hydrogen-bond donors (Lipinski definition) is 7. The summed E-state index contributed by atoms with van der Waals surface area (Å²) in [6, 6.07) is 0.207. The minimum atomic E-state index is -4.43. The number of sulfonamides is 1. The third-order valence-electron chi connectivity index (χ3n) is 8.71. The predicted octanol–water partition coefficient (Wildman–Crippen LogP) is 0.711. The first-order valence-corrected chi connectivity index (χ1v) is 16.5. The van der Waals surface area contributed by atoms with Crippen LogP contribution in [0.3, 0.4) is 0 Å². The molecule has 2 amide bonds. The van der Waals surface area contributed by atoms with Gasteiger partial charge in [0, 0.05) is 38.2 Å². The van der Waals surface area contributed by atoms with E-state index in [0.717, 1.165) is 0 Å². The van der Waals surface area contributed by atoms with Gasteiger partial charge in [0.05, 0.1) is 23.0 Å². The second kappa shape index (κ2) is 11.3. The number of phenolic OH excluding ortho intramolecular Hbond substituents is 1. The van der Waals surface area contributed by atoms with Gasteiger partial charge in [-0.15, -0.1) is 0 Å². The molecule has 1 aromatic heterocycles. The van der Waals surface area contributed by atoms with Gasteiger partial charge in [-0.3, -0.25) is 28.8 Å². The lowest BCUT2D eigenvalue weighted by Gasteiger charge is -2.50. The molecule has 8 N–H and O–H groups in total. The Morgan fingerprint density at radius 3 is 2.34 bits per heavy atom. The maximum absolute atomic E-state index is 14.2. The molecule has 2 unspecified atom stereocenters. The summed E-state index contributed by atoms with van der Waals surface area (Å²) < 4.78 is 29.0. The number of Topliss-reactive ketones (excluding diaryl/α,β-unsaturated/α-hetero) is 2. The summed E-state index contributed by atoms with van der Waals surface area (Å²) in [5.74, 6) is -8.63. The molecular formula is C29H34N6O10S2. The first-order valence-electron chi connectivity index (χ1n) is 14.2. The molecule has 0 aliphatic heterocycles. The zero-order valence-electron chi connectivity index (χ0n) is 26.2. The monoisotopic (exact) mass is 690 g/mol. The standard InChI is InChI=1S/C29H34N6O10S2/c1-10-27(46-28(31-10)32-11(2)36)47(44,45)33-15-9-16(34(3)4)13-7-12-8-14-20(35(5)6)23(39)19(26(30)42)25(41)29(14,43)24(40)17(12)22(38)18(13)21(15)37/h9,12,14,20,33,37,39-40,43H,7-8H2,1-6H3,(H2,30,42)(H,31,32,36)/t12?,14?,20-,29-/m0/s1. The molecule has 3 aliphatic rings. The van der Waals surface area contributed by atoms with Crippen molar-refractivity contribution in [3.63, 3.8) is 0 Å². The van der Waals surface area contributed by atoms with Crippen molar-refractivity contribution in [2.75, 3.05) is 43.1 Å². The van der Waals surface area contributed by atoms with Crippen molar-refractivity contribution in [1.29, 1.82) is 0 Å². The van der Waals surface area contributed by atoms with Gasteiger partial charge >= 0.3 is 0 Å². The van der Waals surface area contributed by atoms with Gasteiger partial charge in [0.15, 0.2) is 26.5 Å². The highest BCUT2D eigenvalue weighted by Gasteiger charge is 2.63. The number of anilines is 3. The number of nitrogens with zero attached hydrogens (tertiary/aromatic N) is 3. The summed E-state index contributed by atoms with van der Waals surface area (Å²) in [6.07, 6.45) is -0.0915. The summed E-state index contributed by atoms with van der Waals surface area (Å²) >= 11 is 0.679. The highest BCUT2D eigenvalue weighted by atomic mass is 32.2. The second-order valence-corrected chi connectivity index (χ2v) is 15.1. The van der Waals surface area contributed by atoms with Crippen LogP contribution >= 0.6 is 11.3 Å². The van der Waals surface area contributed by atoms with E-state index in [9.17, 15) is 48.0 Å². The minimum Gasteiger partial charge on any atom is -0.510 e. The van der Waals surface area contributed by atoms with E-state index in [-0.39, 0.29) is 39.1 Å². The van der Waals surface area contributed by atoms with Crippen molar-refractivity contribution >= 4 is 61.2 Å². The molecule has 0 fully saturated rings. The zero-order chi connectivity index (χ0) is 35.1. The van der Waals surface area contributed by atoms with Crippen LogP contribution in [0.5, 0.6) is 5.75 Å². The highest BCUT2D eigenvalue weighted by Crippen LogP contribution is 2.54. The number of aryl methyl sites for hydroxylation is 1. The van der Waals surface area contributed by atoms with Crippen molar-refractivity contribution in [3.05, 3.63) is 45.6 Å². The molecule has 1 aromatic carbocycles. The fourth-order valence-electron chi connectivity index (χ4n) is 6.80. The Morgan fingerprint density at radius 2 is 1.79 bits per heavy atom. The molecule has 0 saturated carbocycles. The van der Waals surface area contributed by atoms with Crippen LogP contribution < -0.4 is 20.7 Å². The van der Waals surface area contributed by atoms with E-state index in [2.05, 4.69) is 15.0 Å². The highest BCUT2D eigenvalue weighted by molar-refractivity contribution is 7.94. The number of allylic oxidation sites excluding steroid dienone is 1. The number of aliphatic hydroxyl groups excluding tert-OH is 2. The lowest BCUT2D eigenvalue weighted by molar-refractivity contribution is -0.148. The number of benzene rings is 1. The molecule has 16 nitrogen and oxygen atoms in total. The van der Waals surface area contributed by atoms with E-state index in [1.165, 1.54) is 38.9 Å². The maximum Gasteiger partial charge on any atom is 0.273 e. The van der Waals surface area contributed by atoms with Crippen molar-refractivity contribution in [3.8, 4) is 5.75 Å². The van der Waals surface area contributed by atoms with Crippen LogP contribution in [0.15, 0.2) is 32.9 Å². The van der Waals surface area contributed by atoms with Gasteiger partial charge in [-0.25, -0.2) is 13.4 Å².